The Bertz CT molecular complexity index is 1160. The number of nitrogens with one attached hydrogen (secondary N) is 1. The molecule has 1 aliphatic heterocycles. The minimum atomic E-state index is -0.381. The number of aromatic nitrogens is 1. The molecule has 1 unspecified atom stereocenters. The maximum absolute atomic E-state index is 13.3. The molecule has 0 saturated carbocycles. The fraction of sp³-hybridized carbons (Fsp3) is 0.296. The zero-order valence-corrected chi connectivity index (χ0v) is 19.4. The van der Waals surface area contributed by atoms with Crippen LogP contribution in [0, 0.1) is 25.6 Å². The van der Waals surface area contributed by atoms with Crippen LogP contribution in [0.4, 0.5) is 4.39 Å². The molecule has 7 heteroatoms. The van der Waals surface area contributed by atoms with Gasteiger partial charge in [0.05, 0.1) is 5.92 Å². The molecule has 4 rings (SSSR count). The lowest BCUT2D eigenvalue weighted by Crippen LogP contribution is -2.45. The molecule has 2 aromatic carbocycles. The zero-order chi connectivity index (χ0) is 24.1. The van der Waals surface area contributed by atoms with Crippen molar-refractivity contribution in [1.82, 2.24) is 15.2 Å². The highest BCUT2D eigenvalue weighted by molar-refractivity contribution is 5.95. The molecule has 0 bridgehead atoms. The number of halogens is 1. The lowest BCUT2D eigenvalue weighted by Gasteiger charge is -2.32. The lowest BCUT2D eigenvalue weighted by atomic mass is 9.96. The van der Waals surface area contributed by atoms with Gasteiger partial charge in [0, 0.05) is 43.5 Å². The van der Waals surface area contributed by atoms with Gasteiger partial charge in [-0.2, -0.15) is 0 Å². The summed E-state index contributed by atoms with van der Waals surface area (Å²) in [5, 5.41) is 2.96. The van der Waals surface area contributed by atoms with Crippen LogP contribution in [0.15, 0.2) is 60.8 Å². The molecule has 34 heavy (non-hydrogen) atoms. The lowest BCUT2D eigenvalue weighted by molar-refractivity contribution is -0.126. The Hall–Kier alpha value is -3.74. The SMILES string of the molecule is Cc1cc(C)cc(C(=O)N2CCCC(C(=O)NCc3ccc(Oc4cccc(F)c4)nc3)C2)c1. The number of ether oxygens (including phenoxy) is 1. The minimum Gasteiger partial charge on any atom is -0.439 e. The van der Waals surface area contributed by atoms with Crippen molar-refractivity contribution < 1.29 is 18.7 Å². The molecule has 6 nitrogen and oxygen atoms in total. The minimum absolute atomic E-state index is 0.0256. The van der Waals surface area contributed by atoms with Crippen molar-refractivity contribution in [3.8, 4) is 11.6 Å². The van der Waals surface area contributed by atoms with E-state index in [0.717, 1.165) is 29.5 Å². The topological polar surface area (TPSA) is 71.5 Å². The number of amides is 2. The number of carbonyl (C=O) groups is 2. The fourth-order valence-corrected chi connectivity index (χ4v) is 4.22. The highest BCUT2D eigenvalue weighted by Crippen LogP contribution is 2.22. The summed E-state index contributed by atoms with van der Waals surface area (Å²) in [4.78, 5) is 31.8. The molecule has 1 aliphatic rings. The third-order valence-electron chi connectivity index (χ3n) is 5.83. The first-order valence-electron chi connectivity index (χ1n) is 11.4. The van der Waals surface area contributed by atoms with Gasteiger partial charge >= 0.3 is 0 Å². The van der Waals surface area contributed by atoms with Gasteiger partial charge in [0.2, 0.25) is 11.8 Å². The van der Waals surface area contributed by atoms with Gasteiger partial charge in [0.25, 0.3) is 5.91 Å². The highest BCUT2D eigenvalue weighted by Gasteiger charge is 2.29. The predicted octanol–water partition coefficient (Wildman–Crippen LogP) is 4.80. The Morgan fingerprint density at radius 3 is 2.62 bits per heavy atom. The number of benzene rings is 2. The van der Waals surface area contributed by atoms with Gasteiger partial charge < -0.3 is 15.0 Å². The Morgan fingerprint density at radius 2 is 1.91 bits per heavy atom. The molecule has 2 amide bonds. The van der Waals surface area contributed by atoms with E-state index in [1.165, 1.54) is 12.1 Å². The van der Waals surface area contributed by atoms with Crippen molar-refractivity contribution >= 4 is 11.8 Å². The number of likely N-dealkylation sites (tertiary alicyclic amines) is 1. The van der Waals surface area contributed by atoms with Gasteiger partial charge in [0.15, 0.2) is 0 Å². The maximum Gasteiger partial charge on any atom is 0.253 e. The van der Waals surface area contributed by atoms with Crippen molar-refractivity contribution in [3.05, 3.63) is 88.9 Å². The van der Waals surface area contributed by atoms with E-state index in [4.69, 9.17) is 4.74 Å². The summed E-state index contributed by atoms with van der Waals surface area (Å²) in [6.07, 6.45) is 3.16. The van der Waals surface area contributed by atoms with Crippen LogP contribution < -0.4 is 10.1 Å². The third kappa shape index (κ3) is 5.98. The van der Waals surface area contributed by atoms with Crippen LogP contribution in [0.1, 0.15) is 39.9 Å². The van der Waals surface area contributed by atoms with Crippen LogP contribution in [-0.4, -0.2) is 34.8 Å². The van der Waals surface area contributed by atoms with Gasteiger partial charge in [-0.3, -0.25) is 9.59 Å². The van der Waals surface area contributed by atoms with E-state index in [0.29, 0.717) is 36.8 Å². The number of hydrogen-bond acceptors (Lipinski definition) is 4. The second-order valence-corrected chi connectivity index (χ2v) is 8.75. The van der Waals surface area contributed by atoms with Gasteiger partial charge in [-0.1, -0.05) is 29.3 Å². The van der Waals surface area contributed by atoms with Gasteiger partial charge in [0.1, 0.15) is 11.6 Å². The number of pyridine rings is 1. The number of nitrogens with zero attached hydrogens (tertiary/aromatic N) is 2. The van der Waals surface area contributed by atoms with E-state index in [9.17, 15) is 14.0 Å². The smallest absolute Gasteiger partial charge is 0.253 e. The Kier molecular flexibility index (Phi) is 7.21. The Morgan fingerprint density at radius 1 is 1.12 bits per heavy atom. The molecule has 176 valence electrons. The highest BCUT2D eigenvalue weighted by atomic mass is 19.1. The summed E-state index contributed by atoms with van der Waals surface area (Å²) >= 11 is 0. The number of carbonyl (C=O) groups excluding carboxylic acids is 2. The summed E-state index contributed by atoms with van der Waals surface area (Å²) in [6, 6.07) is 15.2. The monoisotopic (exact) mass is 461 g/mol. The molecule has 1 saturated heterocycles. The summed E-state index contributed by atoms with van der Waals surface area (Å²) in [7, 11) is 0. The van der Waals surface area contributed by atoms with Crippen molar-refractivity contribution in [1.29, 1.82) is 0 Å². The van der Waals surface area contributed by atoms with Crippen LogP contribution >= 0.6 is 0 Å². The zero-order valence-electron chi connectivity index (χ0n) is 19.4. The standard InChI is InChI=1S/C27H28FN3O3/c1-18-11-19(2)13-22(12-18)27(33)31-10-4-5-21(17-31)26(32)30-16-20-8-9-25(29-15-20)34-24-7-3-6-23(28)14-24/h3,6-9,11-15,21H,4-5,10,16-17H2,1-2H3,(H,30,32). The molecular weight excluding hydrogens is 433 g/mol. The third-order valence-corrected chi connectivity index (χ3v) is 5.83. The average molecular weight is 462 g/mol. The van der Waals surface area contributed by atoms with Crippen molar-refractivity contribution in [3.63, 3.8) is 0 Å². The molecule has 0 spiro atoms. The first-order valence-corrected chi connectivity index (χ1v) is 11.4. The molecule has 1 aromatic heterocycles. The molecule has 3 aromatic rings. The number of piperidine rings is 1. The van der Waals surface area contributed by atoms with Crippen LogP contribution in [0.3, 0.4) is 0 Å². The molecule has 0 aliphatic carbocycles. The van der Waals surface area contributed by atoms with E-state index in [1.54, 1.807) is 35.4 Å². The summed E-state index contributed by atoms with van der Waals surface area (Å²) < 4.78 is 18.8. The largest absolute Gasteiger partial charge is 0.439 e. The summed E-state index contributed by atoms with van der Waals surface area (Å²) in [5.74, 6) is -0.0133. The molecule has 1 fully saturated rings. The maximum atomic E-state index is 13.3. The Balaban J connectivity index is 1.30. The van der Waals surface area contributed by atoms with Gasteiger partial charge in [-0.15, -0.1) is 0 Å². The first kappa shape index (κ1) is 23.4. The van der Waals surface area contributed by atoms with Crippen molar-refractivity contribution in [2.45, 2.75) is 33.2 Å². The van der Waals surface area contributed by atoms with Crippen molar-refractivity contribution in [2.75, 3.05) is 13.1 Å². The Labute approximate surface area is 198 Å². The fourth-order valence-electron chi connectivity index (χ4n) is 4.22. The van der Waals surface area contributed by atoms with Gasteiger partial charge in [-0.05, 0) is 56.5 Å². The first-order chi connectivity index (χ1) is 16.4. The van der Waals surface area contributed by atoms with E-state index in [1.807, 2.05) is 32.0 Å². The van der Waals surface area contributed by atoms with E-state index in [2.05, 4.69) is 10.3 Å². The number of rotatable bonds is 6. The van der Waals surface area contributed by atoms with Crippen LogP contribution in [0.2, 0.25) is 0 Å². The second-order valence-electron chi connectivity index (χ2n) is 8.75. The van der Waals surface area contributed by atoms with E-state index in [-0.39, 0.29) is 23.5 Å². The number of aryl methyl sites for hydroxylation is 2. The molecule has 1 atom stereocenters. The summed E-state index contributed by atoms with van der Waals surface area (Å²) in [6.45, 7) is 5.35. The van der Waals surface area contributed by atoms with Crippen molar-refractivity contribution in [2.24, 2.45) is 5.92 Å². The van der Waals surface area contributed by atoms with E-state index < -0.39 is 0 Å². The quantitative estimate of drug-likeness (QED) is 0.573. The van der Waals surface area contributed by atoms with Crippen LogP contribution in [0.25, 0.3) is 0 Å². The molecule has 1 N–H and O–H groups in total. The van der Waals surface area contributed by atoms with Gasteiger partial charge in [-0.25, -0.2) is 9.37 Å². The molecule has 0 radical (unpaired) electrons. The van der Waals surface area contributed by atoms with Crippen LogP contribution in [-0.2, 0) is 11.3 Å². The normalized spacial score (nSPS) is 15.6. The molecular formula is C27H28FN3O3. The van der Waals surface area contributed by atoms with Crippen LogP contribution in [0.5, 0.6) is 11.6 Å². The van der Waals surface area contributed by atoms with E-state index >= 15 is 0 Å². The average Bonchev–Trinajstić information content (AvgIpc) is 2.82. The number of hydrogen-bond donors (Lipinski definition) is 1. The second kappa shape index (κ2) is 10.5. The molecule has 2 heterocycles. The summed E-state index contributed by atoms with van der Waals surface area (Å²) in [5.41, 5.74) is 3.59. The predicted molar refractivity (Wildman–Crippen MR) is 127 cm³/mol.